The van der Waals surface area contributed by atoms with Gasteiger partial charge in [-0.25, -0.2) is 0 Å². The molecule has 6 nitrogen and oxygen atoms in total. The first-order chi connectivity index (χ1) is 9.71. The van der Waals surface area contributed by atoms with E-state index in [-0.39, 0.29) is 12.6 Å². The highest BCUT2D eigenvalue weighted by Crippen LogP contribution is 2.11. The number of hydrogen-bond acceptors (Lipinski definition) is 6. The molecule has 0 aromatic heterocycles. The number of hydrogen-bond donors (Lipinski definition) is 3. The number of rotatable bonds is 9. The molecule has 0 heterocycles. The topological polar surface area (TPSA) is 79.8 Å². The zero-order valence-corrected chi connectivity index (χ0v) is 11.8. The van der Waals surface area contributed by atoms with Crippen LogP contribution in [0.3, 0.4) is 0 Å². The molecule has 1 rings (SSSR count). The molecular weight excluding hydrogens is 259 g/mol. The molecule has 0 aliphatic carbocycles. The molecule has 0 saturated heterocycles. The van der Waals surface area contributed by atoms with Crippen LogP contribution in [0.5, 0.6) is 0 Å². The van der Waals surface area contributed by atoms with Gasteiger partial charge in [-0.15, -0.1) is 0 Å². The van der Waals surface area contributed by atoms with E-state index in [4.69, 9.17) is 14.5 Å². The average Bonchev–Trinajstić information content (AvgIpc) is 2.49. The van der Waals surface area contributed by atoms with Crippen molar-refractivity contribution in [1.29, 1.82) is 0 Å². The van der Waals surface area contributed by atoms with Crippen molar-refractivity contribution in [3.8, 4) is 0 Å². The number of aliphatic hydroxyl groups excluding tert-OH is 1. The molecule has 7 heteroatoms. The maximum atomic E-state index is 11.6. The molecule has 1 radical (unpaired) electrons. The van der Waals surface area contributed by atoms with Crippen molar-refractivity contribution < 1.29 is 19.3 Å². The van der Waals surface area contributed by atoms with Crippen molar-refractivity contribution in [2.45, 2.75) is 12.5 Å². The van der Waals surface area contributed by atoms with E-state index in [9.17, 15) is 4.79 Å². The number of esters is 1. The zero-order chi connectivity index (χ0) is 14.8. The van der Waals surface area contributed by atoms with Crippen molar-refractivity contribution in [3.05, 3.63) is 29.8 Å². The van der Waals surface area contributed by atoms with Crippen LogP contribution in [0.25, 0.3) is 0 Å². The SMILES string of the molecule is CO[B]NC(Cc1ccc(NCCO)cc1)C(=O)OC. The van der Waals surface area contributed by atoms with Gasteiger partial charge in [0.2, 0.25) is 0 Å². The van der Waals surface area contributed by atoms with Crippen LogP contribution < -0.4 is 10.5 Å². The summed E-state index contributed by atoms with van der Waals surface area (Å²) in [6, 6.07) is 7.16. The lowest BCUT2D eigenvalue weighted by Gasteiger charge is -2.15. The molecule has 0 saturated carbocycles. The van der Waals surface area contributed by atoms with E-state index in [2.05, 4.69) is 10.5 Å². The highest BCUT2D eigenvalue weighted by molar-refractivity contribution is 6.24. The summed E-state index contributed by atoms with van der Waals surface area (Å²) in [5, 5.41) is 14.6. The molecule has 0 bridgehead atoms. The Bertz CT molecular complexity index is 400. The number of nitrogens with one attached hydrogen (secondary N) is 2. The van der Waals surface area contributed by atoms with Crippen LogP contribution in [0, 0.1) is 0 Å². The van der Waals surface area contributed by atoms with Gasteiger partial charge in [-0.2, -0.15) is 0 Å². The number of ether oxygens (including phenoxy) is 1. The van der Waals surface area contributed by atoms with Gasteiger partial charge in [-0.3, -0.25) is 4.79 Å². The van der Waals surface area contributed by atoms with Crippen LogP contribution in [0.2, 0.25) is 0 Å². The van der Waals surface area contributed by atoms with Crippen LogP contribution in [0.15, 0.2) is 24.3 Å². The number of benzene rings is 1. The van der Waals surface area contributed by atoms with E-state index < -0.39 is 6.04 Å². The fourth-order valence-electron chi connectivity index (χ4n) is 1.70. The Morgan fingerprint density at radius 2 is 2.05 bits per heavy atom. The van der Waals surface area contributed by atoms with Gasteiger partial charge in [0.25, 0.3) is 0 Å². The lowest BCUT2D eigenvalue weighted by atomic mass is 10.0. The molecule has 20 heavy (non-hydrogen) atoms. The smallest absolute Gasteiger partial charge is 0.396 e. The quantitative estimate of drug-likeness (QED) is 0.434. The number of methoxy groups -OCH3 is 1. The van der Waals surface area contributed by atoms with Crippen molar-refractivity contribution in [3.63, 3.8) is 0 Å². The predicted octanol–water partition coefficient (Wildman–Crippen LogP) is -0.0549. The third-order valence-corrected chi connectivity index (χ3v) is 2.71. The van der Waals surface area contributed by atoms with Gasteiger partial charge in [0.05, 0.1) is 13.7 Å². The minimum Gasteiger partial charge on any atom is -0.468 e. The first-order valence-electron chi connectivity index (χ1n) is 6.33. The van der Waals surface area contributed by atoms with E-state index >= 15 is 0 Å². The van der Waals surface area contributed by atoms with E-state index in [0.717, 1.165) is 11.3 Å². The highest BCUT2D eigenvalue weighted by Gasteiger charge is 2.19. The second-order valence-corrected chi connectivity index (χ2v) is 4.15. The molecule has 1 aromatic rings. The first kappa shape index (κ1) is 16.5. The molecule has 0 amide bonds. The maximum Gasteiger partial charge on any atom is 0.396 e. The third kappa shape index (κ3) is 5.60. The van der Waals surface area contributed by atoms with Gasteiger partial charge in [0.15, 0.2) is 0 Å². The summed E-state index contributed by atoms with van der Waals surface area (Å²) in [5.74, 6) is -0.346. The zero-order valence-electron chi connectivity index (χ0n) is 11.8. The summed E-state index contributed by atoms with van der Waals surface area (Å²) in [6.07, 6.45) is 0.493. The third-order valence-electron chi connectivity index (χ3n) is 2.71. The summed E-state index contributed by atoms with van der Waals surface area (Å²) in [7, 11) is 4.22. The Kier molecular flexibility index (Phi) is 7.71. The molecule has 1 atom stereocenters. The standard InChI is InChI=1S/C13H20BN2O4/c1-19-13(18)12(16-14-20-2)9-10-3-5-11(6-4-10)15-7-8-17/h3-6,12,15-17H,7-9H2,1-2H3. The predicted molar refractivity (Wildman–Crippen MR) is 77.4 cm³/mol. The summed E-state index contributed by atoms with van der Waals surface area (Å²) in [5.41, 5.74) is 1.92. The minimum atomic E-state index is -0.490. The van der Waals surface area contributed by atoms with Crippen LogP contribution in [0.1, 0.15) is 5.56 Å². The van der Waals surface area contributed by atoms with Gasteiger partial charge < -0.3 is 25.0 Å². The first-order valence-corrected chi connectivity index (χ1v) is 6.33. The lowest BCUT2D eigenvalue weighted by Crippen LogP contribution is -2.42. The highest BCUT2D eigenvalue weighted by atomic mass is 16.5. The molecule has 0 fully saturated rings. The average molecular weight is 279 g/mol. The van der Waals surface area contributed by atoms with Crippen LogP contribution in [-0.2, 0) is 20.6 Å². The summed E-state index contributed by atoms with van der Waals surface area (Å²) in [6.45, 7) is 0.595. The van der Waals surface area contributed by atoms with Crippen molar-refractivity contribution in [2.24, 2.45) is 0 Å². The van der Waals surface area contributed by atoms with Crippen molar-refractivity contribution >= 4 is 19.3 Å². The summed E-state index contributed by atoms with van der Waals surface area (Å²) >= 11 is 0. The van der Waals surface area contributed by atoms with E-state index in [0.29, 0.717) is 13.0 Å². The number of carbonyl (C=O) groups is 1. The second-order valence-electron chi connectivity index (χ2n) is 4.15. The largest absolute Gasteiger partial charge is 0.468 e. The Hall–Kier alpha value is -1.57. The van der Waals surface area contributed by atoms with Crippen LogP contribution >= 0.6 is 0 Å². The normalized spacial score (nSPS) is 11.8. The summed E-state index contributed by atoms with van der Waals surface area (Å²) < 4.78 is 9.53. The van der Waals surface area contributed by atoms with Crippen LogP contribution in [0.4, 0.5) is 5.69 Å². The Morgan fingerprint density at radius 1 is 1.35 bits per heavy atom. The lowest BCUT2D eigenvalue weighted by molar-refractivity contribution is -0.142. The number of aliphatic hydroxyl groups is 1. The maximum absolute atomic E-state index is 11.6. The van der Waals surface area contributed by atoms with Crippen molar-refractivity contribution in [1.82, 2.24) is 5.23 Å². The summed E-state index contributed by atoms with van der Waals surface area (Å²) in [4.78, 5) is 11.6. The number of carbonyl (C=O) groups excluding carboxylic acids is 1. The molecular formula is C13H20BN2O4. The minimum absolute atomic E-state index is 0.0862. The molecule has 0 aliphatic rings. The fraction of sp³-hybridized carbons (Fsp3) is 0.462. The van der Waals surface area contributed by atoms with Gasteiger partial charge in [0, 0.05) is 19.3 Å². The second kappa shape index (κ2) is 9.36. The van der Waals surface area contributed by atoms with E-state index in [1.165, 1.54) is 21.8 Å². The Balaban J connectivity index is 2.60. The molecule has 0 aliphatic heterocycles. The Labute approximate surface area is 119 Å². The fourth-order valence-corrected chi connectivity index (χ4v) is 1.70. The molecule has 109 valence electrons. The van der Waals surface area contributed by atoms with Crippen molar-refractivity contribution in [2.75, 3.05) is 32.7 Å². The van der Waals surface area contributed by atoms with Crippen LogP contribution in [-0.4, -0.2) is 52.1 Å². The van der Waals surface area contributed by atoms with Gasteiger partial charge in [-0.05, 0) is 24.1 Å². The Morgan fingerprint density at radius 3 is 2.60 bits per heavy atom. The molecule has 1 unspecified atom stereocenters. The van der Waals surface area contributed by atoms with Gasteiger partial charge in [-0.1, -0.05) is 12.1 Å². The van der Waals surface area contributed by atoms with E-state index in [1.54, 1.807) is 0 Å². The van der Waals surface area contributed by atoms with Gasteiger partial charge in [0.1, 0.15) is 6.04 Å². The number of anilines is 1. The monoisotopic (exact) mass is 279 g/mol. The van der Waals surface area contributed by atoms with E-state index in [1.807, 2.05) is 24.3 Å². The molecule has 1 aromatic carbocycles. The van der Waals surface area contributed by atoms with Gasteiger partial charge >= 0.3 is 13.6 Å². The molecule has 0 spiro atoms. The molecule has 3 N–H and O–H groups in total.